The Bertz CT molecular complexity index is 1020. The monoisotopic (exact) mass is 470 g/mol. The first kappa shape index (κ1) is 27.2. The maximum Gasteiger partial charge on any atom is 0.0991 e. The number of nitrogens with zero attached hydrogens (tertiary/aromatic N) is 2. The number of benzene rings is 2. The standard InChI is InChI=1S/C28H22N2.CH2Cl2/c29-23-27(19-11-3-9-17-25-13-5-1-6-14-25)21-22-28(24-30)20-12-4-10-18-26-15-7-2-8-16-26;2-1-3/h1-22H;1H2/b11-3+,12-4+,17-9+,18-10+,22-21+,27-19-,28-20-;. The third kappa shape index (κ3) is 14.0. The van der Waals surface area contributed by atoms with Crippen molar-refractivity contribution in [1.82, 2.24) is 0 Å². The largest absolute Gasteiger partial charge is 0.192 e. The molecule has 0 aromatic heterocycles. The highest BCUT2D eigenvalue weighted by molar-refractivity contribution is 6.40. The van der Waals surface area contributed by atoms with E-state index in [1.165, 1.54) is 0 Å². The van der Waals surface area contributed by atoms with Crippen LogP contribution in [0.4, 0.5) is 0 Å². The van der Waals surface area contributed by atoms with E-state index < -0.39 is 0 Å². The summed E-state index contributed by atoms with van der Waals surface area (Å²) in [5, 5.41) is 18.7. The van der Waals surface area contributed by atoms with Gasteiger partial charge in [-0.25, -0.2) is 0 Å². The van der Waals surface area contributed by atoms with Gasteiger partial charge in [0.1, 0.15) is 0 Å². The quantitative estimate of drug-likeness (QED) is 0.220. The molecule has 0 fully saturated rings. The lowest BCUT2D eigenvalue weighted by molar-refractivity contribution is 1.48. The zero-order valence-corrected chi connectivity index (χ0v) is 19.6. The van der Waals surface area contributed by atoms with Gasteiger partial charge in [0, 0.05) is 0 Å². The SMILES string of the molecule is ClCCl.N#CC(=C\C=C\C=C\c1ccccc1)/C=C/C(C#N)=C/C=C/C=C/c1ccccc1. The molecule has 0 aliphatic rings. The van der Waals surface area contributed by atoms with Gasteiger partial charge in [0.2, 0.25) is 0 Å². The van der Waals surface area contributed by atoms with Gasteiger partial charge in [-0.3, -0.25) is 0 Å². The fourth-order valence-corrected chi connectivity index (χ4v) is 2.35. The molecule has 2 nitrogen and oxygen atoms in total. The van der Waals surface area contributed by atoms with E-state index in [4.69, 9.17) is 23.2 Å². The summed E-state index contributed by atoms with van der Waals surface area (Å²) < 4.78 is 0. The summed E-state index contributed by atoms with van der Waals surface area (Å²) in [5.41, 5.74) is 3.16. The summed E-state index contributed by atoms with van der Waals surface area (Å²) in [6.07, 6.45) is 21.8. The van der Waals surface area contributed by atoms with Crippen LogP contribution in [-0.2, 0) is 0 Å². The molecule has 0 unspecified atom stereocenters. The molecule has 0 radical (unpaired) electrons. The molecule has 0 aliphatic heterocycles. The van der Waals surface area contributed by atoms with Crippen LogP contribution in [-0.4, -0.2) is 5.34 Å². The van der Waals surface area contributed by atoms with Gasteiger partial charge in [-0.05, 0) is 35.4 Å². The molecule has 2 aromatic carbocycles. The number of hydrogen-bond acceptors (Lipinski definition) is 2. The smallest absolute Gasteiger partial charge is 0.0991 e. The van der Waals surface area contributed by atoms with Crippen molar-refractivity contribution in [2.45, 2.75) is 0 Å². The Morgan fingerprint density at radius 3 is 1.30 bits per heavy atom. The Morgan fingerprint density at radius 1 is 0.606 bits per heavy atom. The summed E-state index contributed by atoms with van der Waals surface area (Å²) in [7, 11) is 0. The molecule has 0 amide bonds. The lowest BCUT2D eigenvalue weighted by Crippen LogP contribution is -1.74. The fourth-order valence-electron chi connectivity index (χ4n) is 2.35. The topological polar surface area (TPSA) is 47.6 Å². The molecule has 0 saturated carbocycles. The molecule has 2 aromatic rings. The summed E-state index contributed by atoms with van der Waals surface area (Å²) in [4.78, 5) is 0. The second-order valence-corrected chi connectivity index (χ2v) is 7.02. The van der Waals surface area contributed by atoms with Gasteiger partial charge in [-0.1, -0.05) is 109 Å². The van der Waals surface area contributed by atoms with Crippen molar-refractivity contribution in [2.75, 3.05) is 5.34 Å². The number of hydrogen-bond donors (Lipinski definition) is 0. The molecule has 0 aliphatic carbocycles. The van der Waals surface area contributed by atoms with Gasteiger partial charge in [-0.2, -0.15) is 10.5 Å². The number of halogens is 2. The summed E-state index contributed by atoms with van der Waals surface area (Å²) in [6.45, 7) is 0. The number of nitriles is 2. The van der Waals surface area contributed by atoms with Crippen LogP contribution in [0.5, 0.6) is 0 Å². The maximum absolute atomic E-state index is 9.25. The van der Waals surface area contributed by atoms with Crippen LogP contribution >= 0.6 is 23.2 Å². The molecule has 0 N–H and O–H groups in total. The van der Waals surface area contributed by atoms with E-state index >= 15 is 0 Å². The predicted molar refractivity (Wildman–Crippen MR) is 142 cm³/mol. The predicted octanol–water partition coefficient (Wildman–Crippen LogP) is 8.40. The summed E-state index contributed by atoms with van der Waals surface area (Å²) in [5.74, 6) is 0. The minimum atomic E-state index is 0.194. The van der Waals surface area contributed by atoms with Crippen molar-refractivity contribution in [3.63, 3.8) is 0 Å². The van der Waals surface area contributed by atoms with Crippen molar-refractivity contribution in [2.24, 2.45) is 0 Å². The highest BCUT2D eigenvalue weighted by Crippen LogP contribution is 2.04. The minimum Gasteiger partial charge on any atom is -0.192 e. The summed E-state index contributed by atoms with van der Waals surface area (Å²) >= 11 is 9.53. The first-order chi connectivity index (χ1) is 16.2. The summed E-state index contributed by atoms with van der Waals surface area (Å²) in [6, 6.07) is 24.2. The first-order valence-corrected chi connectivity index (χ1v) is 11.1. The van der Waals surface area contributed by atoms with E-state index in [-0.39, 0.29) is 5.34 Å². The van der Waals surface area contributed by atoms with E-state index in [2.05, 4.69) is 12.1 Å². The van der Waals surface area contributed by atoms with Gasteiger partial charge < -0.3 is 0 Å². The number of rotatable bonds is 8. The van der Waals surface area contributed by atoms with Gasteiger partial charge >= 0.3 is 0 Å². The molecule has 0 heterocycles. The molecular formula is C29H24Cl2N2. The number of allylic oxidation sites excluding steroid dienone is 12. The Balaban J connectivity index is 0.00000172. The lowest BCUT2D eigenvalue weighted by atomic mass is 10.1. The van der Waals surface area contributed by atoms with Crippen molar-refractivity contribution in [3.8, 4) is 12.1 Å². The zero-order chi connectivity index (χ0) is 24.0. The lowest BCUT2D eigenvalue weighted by Gasteiger charge is -1.89. The van der Waals surface area contributed by atoms with Crippen LogP contribution in [0, 0.1) is 22.7 Å². The highest BCUT2D eigenvalue weighted by atomic mass is 35.5. The van der Waals surface area contributed by atoms with Gasteiger partial charge in [0.15, 0.2) is 0 Å². The molecule has 164 valence electrons. The number of alkyl halides is 2. The molecule has 4 heteroatoms. The van der Waals surface area contributed by atoms with E-state index in [0.717, 1.165) is 11.1 Å². The molecular weight excluding hydrogens is 447 g/mol. The first-order valence-electron chi connectivity index (χ1n) is 10.0. The van der Waals surface area contributed by atoms with E-state index in [9.17, 15) is 10.5 Å². The van der Waals surface area contributed by atoms with Gasteiger partial charge in [0.25, 0.3) is 0 Å². The van der Waals surface area contributed by atoms with Gasteiger partial charge in [-0.15, -0.1) is 23.2 Å². The van der Waals surface area contributed by atoms with Crippen LogP contribution < -0.4 is 0 Å². The third-order valence-electron chi connectivity index (χ3n) is 3.87. The molecule has 2 rings (SSSR count). The molecule has 0 saturated heterocycles. The van der Waals surface area contributed by atoms with E-state index in [1.807, 2.05) is 97.1 Å². The Labute approximate surface area is 206 Å². The Morgan fingerprint density at radius 2 is 0.970 bits per heavy atom. The van der Waals surface area contributed by atoms with Crippen molar-refractivity contribution < 1.29 is 0 Å². The van der Waals surface area contributed by atoms with Crippen molar-refractivity contribution in [1.29, 1.82) is 10.5 Å². The van der Waals surface area contributed by atoms with Crippen LogP contribution in [0.3, 0.4) is 0 Å². The second-order valence-electron chi connectivity index (χ2n) is 6.21. The molecule has 0 atom stereocenters. The van der Waals surface area contributed by atoms with Crippen LogP contribution in [0.15, 0.2) is 133 Å². The minimum absolute atomic E-state index is 0.194. The maximum atomic E-state index is 9.25. The molecule has 0 bridgehead atoms. The van der Waals surface area contributed by atoms with Crippen molar-refractivity contribution in [3.05, 3.63) is 144 Å². The van der Waals surface area contributed by atoms with Gasteiger partial charge in [0.05, 0.1) is 28.6 Å². The average molecular weight is 471 g/mol. The average Bonchev–Trinajstić information content (AvgIpc) is 2.85. The Hall–Kier alpha value is -3.82. The van der Waals surface area contributed by atoms with Crippen LogP contribution in [0.2, 0.25) is 0 Å². The fraction of sp³-hybridized carbons (Fsp3) is 0.0345. The third-order valence-corrected chi connectivity index (χ3v) is 3.87. The highest BCUT2D eigenvalue weighted by Gasteiger charge is 1.90. The zero-order valence-electron chi connectivity index (χ0n) is 18.1. The molecule has 0 spiro atoms. The van der Waals surface area contributed by atoms with Crippen molar-refractivity contribution >= 4 is 35.4 Å². The normalized spacial score (nSPS) is 12.4. The van der Waals surface area contributed by atoms with Crippen LogP contribution in [0.25, 0.3) is 12.2 Å². The Kier molecular flexibility index (Phi) is 15.6. The van der Waals surface area contributed by atoms with E-state index in [1.54, 1.807) is 36.5 Å². The molecule has 33 heavy (non-hydrogen) atoms. The van der Waals surface area contributed by atoms with Crippen LogP contribution in [0.1, 0.15) is 11.1 Å². The second kappa shape index (κ2) is 18.9. The van der Waals surface area contributed by atoms with E-state index in [0.29, 0.717) is 11.1 Å².